The van der Waals surface area contributed by atoms with Gasteiger partial charge in [0.25, 0.3) is 0 Å². The molecule has 1 heterocycles. The maximum absolute atomic E-state index is 10.1. The lowest BCUT2D eigenvalue weighted by atomic mass is 10.1. The van der Waals surface area contributed by atoms with Crippen LogP contribution in [0.25, 0.3) is 11.3 Å². The second kappa shape index (κ2) is 9.07. The monoisotopic (exact) mass is 377 g/mol. The fourth-order valence-electron chi connectivity index (χ4n) is 2.50. The van der Waals surface area contributed by atoms with Crippen molar-refractivity contribution in [2.45, 2.75) is 19.6 Å². The zero-order valence-corrected chi connectivity index (χ0v) is 15.5. The number of benzene rings is 2. The minimum atomic E-state index is -0.531. The molecule has 3 rings (SSSR count). The van der Waals surface area contributed by atoms with Crippen molar-refractivity contribution in [1.29, 1.82) is 0 Å². The molecule has 0 radical (unpaired) electrons. The molecule has 0 spiro atoms. The fraction of sp³-hybridized carbons (Fsp3) is 0.200. The molecule has 0 amide bonds. The van der Waals surface area contributed by atoms with Crippen molar-refractivity contribution >= 4 is 24.0 Å². The Labute approximate surface area is 159 Å². The summed E-state index contributed by atoms with van der Waals surface area (Å²) in [5, 5.41) is 14.1. The minimum absolute atomic E-state index is 0. The van der Waals surface area contributed by atoms with Gasteiger partial charge >= 0.3 is 0 Å². The van der Waals surface area contributed by atoms with Gasteiger partial charge in [-0.2, -0.15) is 0 Å². The lowest BCUT2D eigenvalue weighted by molar-refractivity contribution is 0.173. The van der Waals surface area contributed by atoms with Crippen LogP contribution in [0.3, 0.4) is 0 Å². The average Bonchev–Trinajstić information content (AvgIpc) is 3.07. The molecule has 0 fully saturated rings. The highest BCUT2D eigenvalue weighted by Gasteiger charge is 2.09. The van der Waals surface area contributed by atoms with Crippen molar-refractivity contribution in [2.75, 3.05) is 6.54 Å². The van der Waals surface area contributed by atoms with E-state index in [1.54, 1.807) is 0 Å². The molecular formula is C20H21Cl2NO2. The van der Waals surface area contributed by atoms with E-state index in [4.69, 9.17) is 16.0 Å². The summed E-state index contributed by atoms with van der Waals surface area (Å²) in [7, 11) is 0. The largest absolute Gasteiger partial charge is 0.460 e. The maximum Gasteiger partial charge on any atom is 0.134 e. The predicted molar refractivity (Wildman–Crippen MR) is 104 cm³/mol. The normalized spacial score (nSPS) is 11.8. The lowest BCUT2D eigenvalue weighted by Gasteiger charge is -2.11. The number of hydrogen-bond donors (Lipinski definition) is 2. The van der Waals surface area contributed by atoms with E-state index in [2.05, 4.69) is 5.32 Å². The molecular weight excluding hydrogens is 357 g/mol. The molecule has 0 saturated carbocycles. The summed E-state index contributed by atoms with van der Waals surface area (Å²) in [6.45, 7) is 3.00. The smallest absolute Gasteiger partial charge is 0.134 e. The SMILES string of the molecule is Cc1ccc(-c2ccc(CNCC(O)c3ccccc3)o2)cc1Cl.Cl. The van der Waals surface area contributed by atoms with Gasteiger partial charge in [0, 0.05) is 17.1 Å². The second-order valence-corrected chi connectivity index (χ2v) is 6.19. The van der Waals surface area contributed by atoms with Crippen LogP contribution in [0.2, 0.25) is 5.02 Å². The quantitative estimate of drug-likeness (QED) is 0.623. The van der Waals surface area contributed by atoms with Gasteiger partial charge in [0.1, 0.15) is 11.5 Å². The molecule has 0 aliphatic carbocycles. The molecule has 132 valence electrons. The van der Waals surface area contributed by atoms with Crippen molar-refractivity contribution in [1.82, 2.24) is 5.32 Å². The number of hydrogen-bond acceptors (Lipinski definition) is 3. The van der Waals surface area contributed by atoms with Crippen molar-refractivity contribution in [3.63, 3.8) is 0 Å². The van der Waals surface area contributed by atoms with Crippen molar-refractivity contribution in [3.8, 4) is 11.3 Å². The molecule has 0 aliphatic heterocycles. The van der Waals surface area contributed by atoms with Crippen molar-refractivity contribution < 1.29 is 9.52 Å². The Balaban J connectivity index is 0.00000225. The van der Waals surface area contributed by atoms with Crippen LogP contribution in [0.5, 0.6) is 0 Å². The van der Waals surface area contributed by atoms with E-state index in [9.17, 15) is 5.11 Å². The van der Waals surface area contributed by atoms with E-state index < -0.39 is 6.10 Å². The number of halogens is 2. The van der Waals surface area contributed by atoms with E-state index in [1.807, 2.05) is 67.6 Å². The van der Waals surface area contributed by atoms with Crippen molar-refractivity contribution in [3.05, 3.63) is 82.6 Å². The van der Waals surface area contributed by atoms with Gasteiger partial charge in [-0.3, -0.25) is 0 Å². The molecule has 25 heavy (non-hydrogen) atoms. The highest BCUT2D eigenvalue weighted by atomic mass is 35.5. The summed E-state index contributed by atoms with van der Waals surface area (Å²) in [6, 6.07) is 19.4. The summed E-state index contributed by atoms with van der Waals surface area (Å²) < 4.78 is 5.85. The minimum Gasteiger partial charge on any atom is -0.460 e. The van der Waals surface area contributed by atoms with Crippen LogP contribution in [0, 0.1) is 6.92 Å². The first kappa shape index (κ1) is 19.5. The highest BCUT2D eigenvalue weighted by Crippen LogP contribution is 2.26. The Bertz CT molecular complexity index is 802. The van der Waals surface area contributed by atoms with Crippen LogP contribution in [-0.4, -0.2) is 11.7 Å². The summed E-state index contributed by atoms with van der Waals surface area (Å²) in [5.74, 6) is 1.61. The third-order valence-electron chi connectivity index (χ3n) is 3.94. The highest BCUT2D eigenvalue weighted by molar-refractivity contribution is 6.31. The van der Waals surface area contributed by atoms with Gasteiger partial charge in [0.05, 0.1) is 12.6 Å². The van der Waals surface area contributed by atoms with Gasteiger partial charge in [-0.15, -0.1) is 12.4 Å². The van der Waals surface area contributed by atoms with E-state index >= 15 is 0 Å². The van der Waals surface area contributed by atoms with Crippen LogP contribution in [-0.2, 0) is 6.54 Å². The Morgan fingerprint density at radius 1 is 1.08 bits per heavy atom. The van der Waals surface area contributed by atoms with E-state index in [0.717, 1.165) is 33.2 Å². The topological polar surface area (TPSA) is 45.4 Å². The Hall–Kier alpha value is -1.78. The molecule has 5 heteroatoms. The molecule has 1 atom stereocenters. The number of aryl methyl sites for hydroxylation is 1. The first-order chi connectivity index (χ1) is 11.6. The first-order valence-corrected chi connectivity index (χ1v) is 8.30. The van der Waals surface area contributed by atoms with Crippen LogP contribution in [0.15, 0.2) is 65.1 Å². The number of aliphatic hydroxyl groups is 1. The third-order valence-corrected chi connectivity index (χ3v) is 4.35. The summed E-state index contributed by atoms with van der Waals surface area (Å²) in [5.41, 5.74) is 2.91. The van der Waals surface area contributed by atoms with E-state index in [0.29, 0.717) is 13.1 Å². The molecule has 1 unspecified atom stereocenters. The Kier molecular flexibility index (Phi) is 7.09. The molecule has 0 saturated heterocycles. The number of furan rings is 1. The van der Waals surface area contributed by atoms with Crippen LogP contribution >= 0.6 is 24.0 Å². The number of nitrogens with one attached hydrogen (secondary N) is 1. The summed E-state index contributed by atoms with van der Waals surface area (Å²) in [6.07, 6.45) is -0.531. The molecule has 3 nitrogen and oxygen atoms in total. The number of rotatable bonds is 6. The predicted octanol–water partition coefficient (Wildman–Crippen LogP) is 5.15. The van der Waals surface area contributed by atoms with Crippen molar-refractivity contribution in [2.24, 2.45) is 0 Å². The van der Waals surface area contributed by atoms with Crippen LogP contribution < -0.4 is 5.32 Å². The second-order valence-electron chi connectivity index (χ2n) is 5.79. The lowest BCUT2D eigenvalue weighted by Crippen LogP contribution is -2.20. The van der Waals surface area contributed by atoms with Gasteiger partial charge in [-0.1, -0.05) is 54.1 Å². The van der Waals surface area contributed by atoms with Gasteiger partial charge < -0.3 is 14.8 Å². The Morgan fingerprint density at radius 2 is 1.84 bits per heavy atom. The van der Waals surface area contributed by atoms with E-state index in [1.165, 1.54) is 0 Å². The van der Waals surface area contributed by atoms with Crippen LogP contribution in [0.4, 0.5) is 0 Å². The Morgan fingerprint density at radius 3 is 2.56 bits per heavy atom. The number of aliphatic hydroxyl groups excluding tert-OH is 1. The van der Waals surface area contributed by atoms with Gasteiger partial charge in [-0.25, -0.2) is 0 Å². The molecule has 0 aliphatic rings. The average molecular weight is 378 g/mol. The van der Waals surface area contributed by atoms with Gasteiger partial charge in [0.2, 0.25) is 0 Å². The van der Waals surface area contributed by atoms with Gasteiger partial charge in [-0.05, 0) is 36.2 Å². The fourth-order valence-corrected chi connectivity index (χ4v) is 2.68. The van der Waals surface area contributed by atoms with E-state index in [-0.39, 0.29) is 12.4 Å². The molecule has 1 aromatic heterocycles. The first-order valence-electron chi connectivity index (χ1n) is 7.92. The third kappa shape index (κ3) is 5.10. The standard InChI is InChI=1S/C20H20ClNO2.ClH/c1-14-7-8-16(11-18(14)21)20-10-9-17(24-20)12-22-13-19(23)15-5-3-2-4-6-15;/h2-11,19,22-23H,12-13H2,1H3;1H. The summed E-state index contributed by atoms with van der Waals surface area (Å²) >= 11 is 6.17. The van der Waals surface area contributed by atoms with Gasteiger partial charge in [0.15, 0.2) is 0 Å². The molecule has 2 N–H and O–H groups in total. The molecule has 0 bridgehead atoms. The van der Waals surface area contributed by atoms with Crippen LogP contribution in [0.1, 0.15) is 23.0 Å². The zero-order valence-electron chi connectivity index (χ0n) is 13.9. The zero-order chi connectivity index (χ0) is 16.9. The molecule has 2 aromatic carbocycles. The molecule has 3 aromatic rings. The maximum atomic E-state index is 10.1. The summed E-state index contributed by atoms with van der Waals surface area (Å²) in [4.78, 5) is 0.